The Hall–Kier alpha value is -0.860. The van der Waals surface area contributed by atoms with Crippen LogP contribution < -0.4 is 5.32 Å². The van der Waals surface area contributed by atoms with Gasteiger partial charge in [-0.2, -0.15) is 0 Å². The normalized spacial score (nSPS) is 24.8. The first kappa shape index (κ1) is 13.6. The summed E-state index contributed by atoms with van der Waals surface area (Å²) in [5.74, 6) is 0. The van der Waals surface area contributed by atoms with E-state index < -0.39 is 0 Å². The monoisotopic (exact) mass is 246 g/mol. The van der Waals surface area contributed by atoms with Crippen LogP contribution in [0.1, 0.15) is 38.3 Å². The van der Waals surface area contributed by atoms with Crippen molar-refractivity contribution in [2.75, 3.05) is 13.1 Å². The maximum absolute atomic E-state index is 3.54. The lowest BCUT2D eigenvalue weighted by Gasteiger charge is -2.40. The number of nitrogens with zero attached hydrogens (tertiary/aromatic N) is 1. The SMILES string of the molecule is Cc1ccc(CN2C(C)CNCCC2(C)C)cc1. The molecule has 2 nitrogen and oxygen atoms in total. The highest BCUT2D eigenvalue weighted by molar-refractivity contribution is 5.21. The lowest BCUT2D eigenvalue weighted by Crippen LogP contribution is -2.48. The van der Waals surface area contributed by atoms with E-state index in [9.17, 15) is 0 Å². The van der Waals surface area contributed by atoms with Gasteiger partial charge in [-0.05, 0) is 46.2 Å². The minimum absolute atomic E-state index is 0.272. The second-order valence-corrected chi connectivity index (χ2v) is 6.23. The van der Waals surface area contributed by atoms with Crippen LogP contribution in [0, 0.1) is 6.92 Å². The fourth-order valence-corrected chi connectivity index (χ4v) is 2.82. The maximum atomic E-state index is 3.54. The van der Waals surface area contributed by atoms with Gasteiger partial charge in [0.1, 0.15) is 0 Å². The van der Waals surface area contributed by atoms with Crippen molar-refractivity contribution in [3.63, 3.8) is 0 Å². The van der Waals surface area contributed by atoms with Crippen molar-refractivity contribution in [1.82, 2.24) is 10.2 Å². The number of rotatable bonds is 2. The Labute approximate surface area is 111 Å². The van der Waals surface area contributed by atoms with Crippen molar-refractivity contribution < 1.29 is 0 Å². The predicted molar refractivity (Wildman–Crippen MR) is 77.7 cm³/mol. The Kier molecular flexibility index (Phi) is 4.08. The smallest absolute Gasteiger partial charge is 0.0242 e. The lowest BCUT2D eigenvalue weighted by atomic mass is 9.96. The summed E-state index contributed by atoms with van der Waals surface area (Å²) < 4.78 is 0. The van der Waals surface area contributed by atoms with Crippen molar-refractivity contribution in [1.29, 1.82) is 0 Å². The van der Waals surface area contributed by atoms with Crippen molar-refractivity contribution in [3.05, 3.63) is 35.4 Å². The first-order valence-corrected chi connectivity index (χ1v) is 7.02. The van der Waals surface area contributed by atoms with E-state index in [4.69, 9.17) is 0 Å². The molecule has 1 aromatic rings. The molecule has 1 aliphatic heterocycles. The number of benzene rings is 1. The Morgan fingerprint density at radius 2 is 1.94 bits per heavy atom. The second kappa shape index (κ2) is 5.41. The predicted octanol–water partition coefficient (Wildman–Crippen LogP) is 2.96. The van der Waals surface area contributed by atoms with Gasteiger partial charge >= 0.3 is 0 Å². The van der Waals surface area contributed by atoms with Crippen LogP contribution in [0.15, 0.2) is 24.3 Å². The van der Waals surface area contributed by atoms with E-state index >= 15 is 0 Å². The molecule has 0 bridgehead atoms. The molecular formula is C16H26N2. The summed E-state index contributed by atoms with van der Waals surface area (Å²) in [7, 11) is 0. The van der Waals surface area contributed by atoms with E-state index in [1.54, 1.807) is 0 Å². The molecule has 1 fully saturated rings. The molecule has 18 heavy (non-hydrogen) atoms. The number of aryl methyl sites for hydroxylation is 1. The van der Waals surface area contributed by atoms with Gasteiger partial charge in [0.05, 0.1) is 0 Å². The van der Waals surface area contributed by atoms with Crippen LogP contribution in [0.25, 0.3) is 0 Å². The molecule has 0 radical (unpaired) electrons. The fourth-order valence-electron chi connectivity index (χ4n) is 2.82. The third-order valence-corrected chi connectivity index (χ3v) is 4.14. The maximum Gasteiger partial charge on any atom is 0.0242 e. The zero-order chi connectivity index (χ0) is 13.2. The van der Waals surface area contributed by atoms with Crippen LogP contribution >= 0.6 is 0 Å². The Balaban J connectivity index is 2.15. The minimum atomic E-state index is 0.272. The molecule has 1 saturated heterocycles. The molecule has 2 heteroatoms. The van der Waals surface area contributed by atoms with Gasteiger partial charge in [-0.15, -0.1) is 0 Å². The quantitative estimate of drug-likeness (QED) is 0.863. The Bertz CT molecular complexity index is 381. The third-order valence-electron chi connectivity index (χ3n) is 4.14. The van der Waals surface area contributed by atoms with E-state index in [1.807, 2.05) is 0 Å². The van der Waals surface area contributed by atoms with Gasteiger partial charge in [0.2, 0.25) is 0 Å². The molecule has 1 unspecified atom stereocenters. The number of hydrogen-bond donors (Lipinski definition) is 1. The van der Waals surface area contributed by atoms with Gasteiger partial charge in [-0.1, -0.05) is 29.8 Å². The summed E-state index contributed by atoms with van der Waals surface area (Å²) in [5.41, 5.74) is 3.03. The molecule has 1 N–H and O–H groups in total. The van der Waals surface area contributed by atoms with E-state index in [1.165, 1.54) is 17.5 Å². The largest absolute Gasteiger partial charge is 0.315 e. The minimum Gasteiger partial charge on any atom is -0.315 e. The molecule has 1 aliphatic rings. The van der Waals surface area contributed by atoms with Gasteiger partial charge in [0.15, 0.2) is 0 Å². The van der Waals surface area contributed by atoms with Crippen molar-refractivity contribution in [2.24, 2.45) is 0 Å². The lowest BCUT2D eigenvalue weighted by molar-refractivity contribution is 0.0771. The highest BCUT2D eigenvalue weighted by Gasteiger charge is 2.32. The molecule has 1 heterocycles. The molecule has 0 aromatic heterocycles. The standard InChI is InChI=1S/C16H26N2/c1-13-5-7-15(8-6-13)12-18-14(2)11-17-10-9-16(18,3)4/h5-8,14,17H,9-12H2,1-4H3. The summed E-state index contributed by atoms with van der Waals surface area (Å²) in [6.45, 7) is 12.5. The van der Waals surface area contributed by atoms with Gasteiger partial charge in [-0.3, -0.25) is 4.90 Å². The summed E-state index contributed by atoms with van der Waals surface area (Å²) in [6, 6.07) is 9.53. The zero-order valence-corrected chi connectivity index (χ0v) is 12.2. The van der Waals surface area contributed by atoms with Crippen molar-refractivity contribution in [2.45, 2.75) is 52.2 Å². The summed E-state index contributed by atoms with van der Waals surface area (Å²) in [4.78, 5) is 2.64. The average molecular weight is 246 g/mol. The first-order valence-electron chi connectivity index (χ1n) is 7.02. The molecule has 0 aliphatic carbocycles. The van der Waals surface area contributed by atoms with E-state index in [0.717, 1.165) is 19.6 Å². The van der Waals surface area contributed by atoms with Gasteiger partial charge in [0, 0.05) is 24.7 Å². The fraction of sp³-hybridized carbons (Fsp3) is 0.625. The molecule has 1 atom stereocenters. The topological polar surface area (TPSA) is 15.3 Å². The molecule has 100 valence electrons. The summed E-state index contributed by atoms with van der Waals surface area (Å²) in [5, 5.41) is 3.54. The van der Waals surface area contributed by atoms with Crippen molar-refractivity contribution in [3.8, 4) is 0 Å². The van der Waals surface area contributed by atoms with Crippen LogP contribution in [0.3, 0.4) is 0 Å². The molecule has 0 spiro atoms. The first-order chi connectivity index (χ1) is 8.49. The summed E-state index contributed by atoms with van der Waals surface area (Å²) >= 11 is 0. The van der Waals surface area contributed by atoms with Crippen molar-refractivity contribution >= 4 is 0 Å². The van der Waals surface area contributed by atoms with Gasteiger partial charge in [-0.25, -0.2) is 0 Å². The molecule has 0 amide bonds. The molecule has 0 saturated carbocycles. The van der Waals surface area contributed by atoms with E-state index in [0.29, 0.717) is 6.04 Å². The molecule has 1 aromatic carbocycles. The zero-order valence-electron chi connectivity index (χ0n) is 12.2. The molecule has 2 rings (SSSR count). The van der Waals surface area contributed by atoms with Crippen LogP contribution in [-0.4, -0.2) is 29.6 Å². The van der Waals surface area contributed by atoms with Gasteiger partial charge < -0.3 is 5.32 Å². The van der Waals surface area contributed by atoms with Crippen LogP contribution in [0.5, 0.6) is 0 Å². The third kappa shape index (κ3) is 3.12. The van der Waals surface area contributed by atoms with E-state index in [-0.39, 0.29) is 5.54 Å². The average Bonchev–Trinajstić information content (AvgIpc) is 2.44. The van der Waals surface area contributed by atoms with Gasteiger partial charge in [0.25, 0.3) is 0 Å². The van der Waals surface area contributed by atoms with Crippen LogP contribution in [0.4, 0.5) is 0 Å². The summed E-state index contributed by atoms with van der Waals surface area (Å²) in [6.07, 6.45) is 1.21. The second-order valence-electron chi connectivity index (χ2n) is 6.23. The number of hydrogen-bond acceptors (Lipinski definition) is 2. The Morgan fingerprint density at radius 3 is 2.61 bits per heavy atom. The highest BCUT2D eigenvalue weighted by Crippen LogP contribution is 2.25. The number of nitrogens with one attached hydrogen (secondary N) is 1. The highest BCUT2D eigenvalue weighted by atomic mass is 15.2. The van der Waals surface area contributed by atoms with Crippen LogP contribution in [-0.2, 0) is 6.54 Å². The van der Waals surface area contributed by atoms with E-state index in [2.05, 4.69) is 62.2 Å². The molecular weight excluding hydrogens is 220 g/mol. The van der Waals surface area contributed by atoms with Crippen LogP contribution in [0.2, 0.25) is 0 Å². The Morgan fingerprint density at radius 1 is 1.28 bits per heavy atom.